The van der Waals surface area contributed by atoms with Crippen molar-refractivity contribution in [2.24, 2.45) is 0 Å². The Hall–Kier alpha value is -3.10. The highest BCUT2D eigenvalue weighted by Crippen LogP contribution is 2.11. The van der Waals surface area contributed by atoms with Crippen LogP contribution >= 0.6 is 0 Å². The van der Waals surface area contributed by atoms with Crippen LogP contribution in [-0.4, -0.2) is 52.5 Å². The molecule has 2 atom stereocenters. The monoisotopic (exact) mass is 349 g/mol. The number of nitrogens with one attached hydrogen (secondary N) is 3. The molecule has 1 heterocycles. The summed E-state index contributed by atoms with van der Waals surface area (Å²) in [6.45, 7) is -0.384. The van der Waals surface area contributed by atoms with Gasteiger partial charge in [0.05, 0.1) is 6.54 Å². The predicted molar refractivity (Wildman–Crippen MR) is 85.6 cm³/mol. The van der Waals surface area contributed by atoms with E-state index in [1.165, 1.54) is 12.1 Å². The van der Waals surface area contributed by atoms with E-state index in [9.17, 15) is 29.4 Å². The summed E-state index contributed by atoms with van der Waals surface area (Å²) < 4.78 is 0. The summed E-state index contributed by atoms with van der Waals surface area (Å²) in [7, 11) is 0. The first kappa shape index (κ1) is 18.2. The highest BCUT2D eigenvalue weighted by atomic mass is 16.4. The number of carboxylic acid groups (broad SMARTS) is 1. The van der Waals surface area contributed by atoms with E-state index in [-0.39, 0.29) is 31.0 Å². The number of amides is 3. The molecule has 1 aromatic carbocycles. The standard InChI is InChI=1S/C16H19N3O6/c20-10-3-1-9(2-4-10)7-12(16(24)25)19-14(22)8-17-15(23)11-5-6-13(21)18-11/h1-4,11-12,20H,5-8H2,(H,17,23)(H,18,21)(H,19,22)(H,24,25)/t11-,12-/m0/s1. The van der Waals surface area contributed by atoms with Crippen LogP contribution in [-0.2, 0) is 25.6 Å². The van der Waals surface area contributed by atoms with Gasteiger partial charge in [-0.15, -0.1) is 0 Å². The Morgan fingerprint density at radius 3 is 2.48 bits per heavy atom. The molecule has 0 radical (unpaired) electrons. The first-order valence-electron chi connectivity index (χ1n) is 7.72. The third-order valence-corrected chi connectivity index (χ3v) is 3.74. The zero-order valence-corrected chi connectivity index (χ0v) is 13.3. The van der Waals surface area contributed by atoms with E-state index in [0.29, 0.717) is 12.0 Å². The van der Waals surface area contributed by atoms with Gasteiger partial charge in [0.25, 0.3) is 0 Å². The molecule has 1 fully saturated rings. The Morgan fingerprint density at radius 2 is 1.92 bits per heavy atom. The van der Waals surface area contributed by atoms with Gasteiger partial charge >= 0.3 is 5.97 Å². The summed E-state index contributed by atoms with van der Waals surface area (Å²) in [5.74, 6) is -2.50. The van der Waals surface area contributed by atoms with Crippen molar-refractivity contribution in [3.8, 4) is 5.75 Å². The van der Waals surface area contributed by atoms with Gasteiger partial charge in [0, 0.05) is 12.8 Å². The number of carboxylic acids is 1. The third kappa shape index (κ3) is 5.48. The molecule has 25 heavy (non-hydrogen) atoms. The lowest BCUT2D eigenvalue weighted by molar-refractivity contribution is -0.141. The molecule has 5 N–H and O–H groups in total. The molecule has 9 heteroatoms. The zero-order chi connectivity index (χ0) is 18.4. The van der Waals surface area contributed by atoms with E-state index in [0.717, 1.165) is 0 Å². The van der Waals surface area contributed by atoms with Gasteiger partial charge in [0.15, 0.2) is 0 Å². The Labute approximate surface area is 143 Å². The summed E-state index contributed by atoms with van der Waals surface area (Å²) in [4.78, 5) is 46.0. The first-order chi connectivity index (χ1) is 11.8. The van der Waals surface area contributed by atoms with Crippen molar-refractivity contribution in [2.75, 3.05) is 6.54 Å². The van der Waals surface area contributed by atoms with Gasteiger partial charge in [-0.3, -0.25) is 14.4 Å². The molecule has 1 aliphatic rings. The van der Waals surface area contributed by atoms with E-state index in [1.54, 1.807) is 12.1 Å². The topological polar surface area (TPSA) is 145 Å². The number of carbonyl (C=O) groups excluding carboxylic acids is 3. The second-order valence-electron chi connectivity index (χ2n) is 5.71. The number of carbonyl (C=O) groups is 4. The lowest BCUT2D eigenvalue weighted by Gasteiger charge is -2.16. The molecule has 2 rings (SSSR count). The fourth-order valence-electron chi connectivity index (χ4n) is 2.41. The van der Waals surface area contributed by atoms with Crippen molar-refractivity contribution < 1.29 is 29.4 Å². The van der Waals surface area contributed by atoms with Gasteiger partial charge in [-0.1, -0.05) is 12.1 Å². The maximum absolute atomic E-state index is 11.9. The summed E-state index contributed by atoms with van der Waals surface area (Å²) in [6.07, 6.45) is 0.664. The molecule has 9 nitrogen and oxygen atoms in total. The summed E-state index contributed by atoms with van der Waals surface area (Å²) in [6, 6.07) is 4.13. The Morgan fingerprint density at radius 1 is 1.24 bits per heavy atom. The van der Waals surface area contributed by atoms with Gasteiger partial charge in [0.2, 0.25) is 17.7 Å². The maximum Gasteiger partial charge on any atom is 0.326 e. The smallest absolute Gasteiger partial charge is 0.326 e. The van der Waals surface area contributed by atoms with E-state index in [1.807, 2.05) is 0 Å². The van der Waals surface area contributed by atoms with Crippen LogP contribution < -0.4 is 16.0 Å². The maximum atomic E-state index is 11.9. The van der Waals surface area contributed by atoms with Crippen molar-refractivity contribution in [1.29, 1.82) is 0 Å². The predicted octanol–water partition coefficient (Wildman–Crippen LogP) is -1.10. The van der Waals surface area contributed by atoms with Crippen LogP contribution in [0.4, 0.5) is 0 Å². The van der Waals surface area contributed by atoms with Crippen LogP contribution in [0.5, 0.6) is 5.75 Å². The molecule has 0 bridgehead atoms. The summed E-state index contributed by atoms with van der Waals surface area (Å²) in [5, 5.41) is 25.6. The molecule has 3 amide bonds. The number of aromatic hydroxyl groups is 1. The molecule has 0 aromatic heterocycles. The van der Waals surface area contributed by atoms with Crippen LogP contribution in [0, 0.1) is 0 Å². The summed E-state index contributed by atoms with van der Waals surface area (Å²) in [5.41, 5.74) is 0.628. The Balaban J connectivity index is 1.83. The van der Waals surface area contributed by atoms with Crippen molar-refractivity contribution in [3.05, 3.63) is 29.8 Å². The van der Waals surface area contributed by atoms with E-state index in [4.69, 9.17) is 0 Å². The van der Waals surface area contributed by atoms with Crippen LogP contribution in [0.3, 0.4) is 0 Å². The van der Waals surface area contributed by atoms with E-state index < -0.39 is 29.9 Å². The minimum absolute atomic E-state index is 0.0357. The average molecular weight is 349 g/mol. The Bertz CT molecular complexity index is 673. The second kappa shape index (κ2) is 8.13. The number of phenolic OH excluding ortho intramolecular Hbond substituents is 1. The van der Waals surface area contributed by atoms with Gasteiger partial charge in [0.1, 0.15) is 17.8 Å². The van der Waals surface area contributed by atoms with Crippen molar-refractivity contribution in [2.45, 2.75) is 31.3 Å². The number of hydrogen-bond donors (Lipinski definition) is 5. The highest BCUT2D eigenvalue weighted by molar-refractivity contribution is 5.93. The van der Waals surface area contributed by atoms with Crippen molar-refractivity contribution in [1.82, 2.24) is 16.0 Å². The zero-order valence-electron chi connectivity index (χ0n) is 13.3. The molecule has 1 aromatic rings. The van der Waals surface area contributed by atoms with Gasteiger partial charge in [-0.05, 0) is 24.1 Å². The molecule has 1 saturated heterocycles. The summed E-state index contributed by atoms with van der Waals surface area (Å²) >= 11 is 0. The lowest BCUT2D eigenvalue weighted by atomic mass is 10.1. The second-order valence-corrected chi connectivity index (χ2v) is 5.71. The van der Waals surface area contributed by atoms with Gasteiger partial charge in [-0.2, -0.15) is 0 Å². The highest BCUT2D eigenvalue weighted by Gasteiger charge is 2.27. The molecular formula is C16H19N3O6. The first-order valence-corrected chi connectivity index (χ1v) is 7.72. The number of aliphatic carboxylic acids is 1. The molecule has 1 aliphatic heterocycles. The lowest BCUT2D eigenvalue weighted by Crippen LogP contribution is -2.49. The molecule has 0 aliphatic carbocycles. The molecular weight excluding hydrogens is 330 g/mol. The molecule has 0 saturated carbocycles. The minimum Gasteiger partial charge on any atom is -0.508 e. The van der Waals surface area contributed by atoms with Gasteiger partial charge < -0.3 is 26.2 Å². The normalized spacial score (nSPS) is 17.4. The number of hydrogen-bond acceptors (Lipinski definition) is 5. The van der Waals surface area contributed by atoms with Crippen LogP contribution in [0.1, 0.15) is 18.4 Å². The van der Waals surface area contributed by atoms with Crippen LogP contribution in [0.25, 0.3) is 0 Å². The largest absolute Gasteiger partial charge is 0.508 e. The molecule has 0 spiro atoms. The van der Waals surface area contributed by atoms with Crippen LogP contribution in [0.15, 0.2) is 24.3 Å². The van der Waals surface area contributed by atoms with E-state index >= 15 is 0 Å². The number of rotatable bonds is 7. The number of phenols is 1. The third-order valence-electron chi connectivity index (χ3n) is 3.74. The Kier molecular flexibility index (Phi) is 5.93. The number of benzene rings is 1. The molecule has 0 unspecified atom stereocenters. The minimum atomic E-state index is -1.21. The van der Waals surface area contributed by atoms with Crippen molar-refractivity contribution >= 4 is 23.7 Å². The fraction of sp³-hybridized carbons (Fsp3) is 0.375. The average Bonchev–Trinajstić information content (AvgIpc) is 3.00. The van der Waals surface area contributed by atoms with Crippen molar-refractivity contribution in [3.63, 3.8) is 0 Å². The van der Waals surface area contributed by atoms with E-state index in [2.05, 4.69) is 16.0 Å². The quantitative estimate of drug-likeness (QED) is 0.422. The fourth-order valence-corrected chi connectivity index (χ4v) is 2.41. The molecule has 134 valence electrons. The van der Waals surface area contributed by atoms with Gasteiger partial charge in [-0.25, -0.2) is 4.79 Å². The SMILES string of the molecule is O=C(CNC(=O)[C@@H]1CCC(=O)N1)N[C@@H](Cc1ccc(O)cc1)C(=O)O. The van der Waals surface area contributed by atoms with Crippen LogP contribution in [0.2, 0.25) is 0 Å².